The van der Waals surface area contributed by atoms with Gasteiger partial charge in [-0.1, -0.05) is 19.3 Å². The Morgan fingerprint density at radius 1 is 1.24 bits per heavy atom. The van der Waals surface area contributed by atoms with Crippen molar-refractivity contribution in [2.45, 2.75) is 50.6 Å². The number of carbonyl (C=O) groups excluding carboxylic acids is 2. The molecule has 1 saturated carbocycles. The number of hydrogen-bond acceptors (Lipinski definition) is 5. The molecule has 124 valence electrons. The standard InChI is InChI=1S/C14H26N2O4.ClH/c1-19-9-11(15)14(18)16-12(8-13(17)20-2)10-6-4-3-5-7-10;/h10-12H,3-9,15H2,1-2H3,(H,16,18);1H. The molecule has 1 aliphatic carbocycles. The summed E-state index contributed by atoms with van der Waals surface area (Å²) in [7, 11) is 2.86. The first-order valence-corrected chi connectivity index (χ1v) is 7.20. The molecule has 0 aromatic heterocycles. The zero-order valence-corrected chi connectivity index (χ0v) is 13.6. The molecule has 1 amide bonds. The van der Waals surface area contributed by atoms with Crippen LogP contribution in [0.3, 0.4) is 0 Å². The third-order valence-corrected chi connectivity index (χ3v) is 3.84. The van der Waals surface area contributed by atoms with Gasteiger partial charge in [-0.2, -0.15) is 0 Å². The summed E-state index contributed by atoms with van der Waals surface area (Å²) in [4.78, 5) is 23.5. The second kappa shape index (κ2) is 10.8. The molecule has 1 rings (SSSR count). The molecule has 3 N–H and O–H groups in total. The monoisotopic (exact) mass is 322 g/mol. The van der Waals surface area contributed by atoms with E-state index in [1.54, 1.807) is 0 Å². The normalized spacial score (nSPS) is 18.2. The van der Waals surface area contributed by atoms with Crippen LogP contribution in [0.5, 0.6) is 0 Å². The van der Waals surface area contributed by atoms with E-state index in [9.17, 15) is 9.59 Å². The highest BCUT2D eigenvalue weighted by molar-refractivity contribution is 5.85. The second-order valence-corrected chi connectivity index (χ2v) is 5.36. The van der Waals surface area contributed by atoms with Crippen LogP contribution in [0.2, 0.25) is 0 Å². The van der Waals surface area contributed by atoms with Crippen molar-refractivity contribution in [2.75, 3.05) is 20.8 Å². The van der Waals surface area contributed by atoms with Crippen molar-refractivity contribution >= 4 is 24.3 Å². The van der Waals surface area contributed by atoms with E-state index < -0.39 is 6.04 Å². The summed E-state index contributed by atoms with van der Waals surface area (Å²) in [5.74, 6) is -0.256. The lowest BCUT2D eigenvalue weighted by Gasteiger charge is -2.31. The lowest BCUT2D eigenvalue weighted by Crippen LogP contribution is -2.50. The van der Waals surface area contributed by atoms with E-state index in [0.29, 0.717) is 5.92 Å². The third kappa shape index (κ3) is 7.11. The number of hydrogen-bond donors (Lipinski definition) is 2. The van der Waals surface area contributed by atoms with E-state index in [0.717, 1.165) is 25.7 Å². The zero-order chi connectivity index (χ0) is 15.0. The van der Waals surface area contributed by atoms with E-state index in [1.807, 2.05) is 0 Å². The quantitative estimate of drug-likeness (QED) is 0.683. The first kappa shape index (κ1) is 20.1. The van der Waals surface area contributed by atoms with E-state index in [2.05, 4.69) is 5.32 Å². The minimum atomic E-state index is -0.705. The molecule has 0 spiro atoms. The summed E-state index contributed by atoms with van der Waals surface area (Å²) in [6.45, 7) is 0.168. The minimum Gasteiger partial charge on any atom is -0.469 e. The molecule has 0 aromatic carbocycles. The third-order valence-electron chi connectivity index (χ3n) is 3.84. The van der Waals surface area contributed by atoms with Crippen molar-refractivity contribution in [1.82, 2.24) is 5.32 Å². The second-order valence-electron chi connectivity index (χ2n) is 5.36. The molecule has 7 heteroatoms. The fourth-order valence-corrected chi connectivity index (χ4v) is 2.68. The summed E-state index contributed by atoms with van der Waals surface area (Å²) in [5.41, 5.74) is 5.72. The molecule has 0 heterocycles. The van der Waals surface area contributed by atoms with Gasteiger partial charge in [0.05, 0.1) is 20.1 Å². The first-order chi connectivity index (χ1) is 9.58. The molecule has 0 radical (unpaired) electrons. The van der Waals surface area contributed by atoms with Crippen molar-refractivity contribution in [3.63, 3.8) is 0 Å². The maximum Gasteiger partial charge on any atom is 0.307 e. The van der Waals surface area contributed by atoms with Gasteiger partial charge in [-0.25, -0.2) is 0 Å². The summed E-state index contributed by atoms with van der Waals surface area (Å²) in [5, 5.41) is 2.89. The lowest BCUT2D eigenvalue weighted by molar-refractivity contribution is -0.141. The van der Waals surface area contributed by atoms with E-state index in [4.69, 9.17) is 15.2 Å². The van der Waals surface area contributed by atoms with Gasteiger partial charge in [-0.05, 0) is 18.8 Å². The van der Waals surface area contributed by atoms with Crippen molar-refractivity contribution in [3.8, 4) is 0 Å². The van der Waals surface area contributed by atoms with Crippen LogP contribution in [0.4, 0.5) is 0 Å². The van der Waals surface area contributed by atoms with Gasteiger partial charge in [0.1, 0.15) is 6.04 Å². The number of rotatable bonds is 7. The van der Waals surface area contributed by atoms with Gasteiger partial charge in [0.25, 0.3) is 0 Å². The maximum absolute atomic E-state index is 12.0. The Labute approximate surface area is 132 Å². The predicted molar refractivity (Wildman–Crippen MR) is 82.2 cm³/mol. The van der Waals surface area contributed by atoms with Gasteiger partial charge in [0.2, 0.25) is 5.91 Å². The van der Waals surface area contributed by atoms with Gasteiger partial charge in [0, 0.05) is 13.2 Å². The number of methoxy groups -OCH3 is 2. The molecule has 21 heavy (non-hydrogen) atoms. The fraction of sp³-hybridized carbons (Fsp3) is 0.857. The van der Waals surface area contributed by atoms with Crippen LogP contribution in [-0.4, -0.2) is 44.8 Å². The van der Waals surface area contributed by atoms with Gasteiger partial charge in [-0.3, -0.25) is 9.59 Å². The number of ether oxygens (including phenoxy) is 2. The summed E-state index contributed by atoms with van der Waals surface area (Å²) >= 11 is 0. The Hall–Kier alpha value is -0.850. The van der Waals surface area contributed by atoms with Crippen LogP contribution in [0.1, 0.15) is 38.5 Å². The van der Waals surface area contributed by atoms with E-state index in [-0.39, 0.29) is 43.4 Å². The Balaban J connectivity index is 0.00000400. The minimum absolute atomic E-state index is 0. The van der Waals surface area contributed by atoms with Crippen LogP contribution in [-0.2, 0) is 19.1 Å². The largest absolute Gasteiger partial charge is 0.469 e. The molecule has 2 atom stereocenters. The molecule has 0 aliphatic heterocycles. The highest BCUT2D eigenvalue weighted by atomic mass is 35.5. The number of esters is 1. The van der Waals surface area contributed by atoms with Crippen LogP contribution in [0.15, 0.2) is 0 Å². The molecule has 0 aromatic rings. The number of amides is 1. The van der Waals surface area contributed by atoms with Crippen LogP contribution in [0, 0.1) is 5.92 Å². The molecule has 0 saturated heterocycles. The topological polar surface area (TPSA) is 90.6 Å². The molecule has 1 fully saturated rings. The summed E-state index contributed by atoms with van der Waals surface area (Å²) in [6.07, 6.45) is 5.76. The van der Waals surface area contributed by atoms with Crippen molar-refractivity contribution in [3.05, 3.63) is 0 Å². The molecular weight excluding hydrogens is 296 g/mol. The Kier molecular flexibility index (Phi) is 10.4. The van der Waals surface area contributed by atoms with E-state index >= 15 is 0 Å². The molecule has 1 aliphatic rings. The maximum atomic E-state index is 12.0. The fourth-order valence-electron chi connectivity index (χ4n) is 2.68. The lowest BCUT2D eigenvalue weighted by atomic mass is 9.82. The van der Waals surface area contributed by atoms with Crippen molar-refractivity contribution < 1.29 is 19.1 Å². The molecule has 2 unspecified atom stereocenters. The number of carbonyl (C=O) groups is 2. The van der Waals surface area contributed by atoms with Crippen molar-refractivity contribution in [2.24, 2.45) is 11.7 Å². The molecule has 0 bridgehead atoms. The van der Waals surface area contributed by atoms with Gasteiger partial charge in [0.15, 0.2) is 0 Å². The van der Waals surface area contributed by atoms with E-state index in [1.165, 1.54) is 20.6 Å². The SMILES string of the molecule is COCC(N)C(=O)NC(CC(=O)OC)C1CCCCC1.Cl. The van der Waals surface area contributed by atoms with Gasteiger partial charge in [-0.15, -0.1) is 12.4 Å². The van der Waals surface area contributed by atoms with Gasteiger partial charge < -0.3 is 20.5 Å². The van der Waals surface area contributed by atoms with Crippen LogP contribution < -0.4 is 11.1 Å². The summed E-state index contributed by atoms with van der Waals surface area (Å²) in [6, 6.07) is -0.901. The first-order valence-electron chi connectivity index (χ1n) is 7.20. The number of nitrogens with one attached hydrogen (secondary N) is 1. The van der Waals surface area contributed by atoms with Crippen LogP contribution >= 0.6 is 12.4 Å². The molecular formula is C14H27ClN2O4. The average Bonchev–Trinajstić information content (AvgIpc) is 2.47. The zero-order valence-electron chi connectivity index (χ0n) is 12.8. The van der Waals surface area contributed by atoms with Gasteiger partial charge >= 0.3 is 5.97 Å². The summed E-state index contributed by atoms with van der Waals surface area (Å²) < 4.78 is 9.59. The highest BCUT2D eigenvalue weighted by Gasteiger charge is 2.28. The Morgan fingerprint density at radius 3 is 2.38 bits per heavy atom. The smallest absolute Gasteiger partial charge is 0.307 e. The number of nitrogens with two attached hydrogens (primary N) is 1. The van der Waals surface area contributed by atoms with Crippen LogP contribution in [0.25, 0.3) is 0 Å². The Bertz CT molecular complexity index is 322. The Morgan fingerprint density at radius 2 is 1.86 bits per heavy atom. The highest BCUT2D eigenvalue weighted by Crippen LogP contribution is 2.28. The van der Waals surface area contributed by atoms with Crippen molar-refractivity contribution in [1.29, 1.82) is 0 Å². The predicted octanol–water partition coefficient (Wildman–Crippen LogP) is 1.01. The number of halogens is 1. The molecule has 6 nitrogen and oxygen atoms in total. The average molecular weight is 323 g/mol.